The second-order valence-corrected chi connectivity index (χ2v) is 9.95. The number of carboxylic acid groups (broad SMARTS) is 1. The zero-order valence-electron chi connectivity index (χ0n) is 21.5. The molecule has 3 aromatic carbocycles. The fraction of sp³-hybridized carbons (Fsp3) is 0.267. The topological polar surface area (TPSA) is 80.6 Å². The molecule has 1 aromatic heterocycles. The molecule has 2 N–H and O–H groups in total. The van der Waals surface area contributed by atoms with E-state index >= 15 is 0 Å². The van der Waals surface area contributed by atoms with Crippen molar-refractivity contribution in [3.8, 4) is 5.75 Å². The predicted octanol–water partition coefficient (Wildman–Crippen LogP) is 6.48. The van der Waals surface area contributed by atoms with Gasteiger partial charge in [-0.15, -0.1) is 0 Å². The number of nitrogens with one attached hydrogen (secondary N) is 1. The third-order valence-electron chi connectivity index (χ3n) is 6.68. The van der Waals surface area contributed by atoms with Gasteiger partial charge in [0.25, 0.3) is 5.91 Å². The van der Waals surface area contributed by atoms with Crippen molar-refractivity contribution in [2.45, 2.75) is 46.7 Å². The summed E-state index contributed by atoms with van der Waals surface area (Å²) >= 11 is 6.46. The number of rotatable bonds is 9. The van der Waals surface area contributed by atoms with Crippen LogP contribution in [0.25, 0.3) is 10.9 Å². The Labute approximate surface area is 221 Å². The molecule has 0 aliphatic carbocycles. The number of aryl methyl sites for hydroxylation is 1. The predicted molar refractivity (Wildman–Crippen MR) is 147 cm³/mol. The molecule has 0 aliphatic heterocycles. The minimum Gasteiger partial charge on any atom is -0.482 e. The first kappa shape index (κ1) is 26.3. The molecule has 0 radical (unpaired) electrons. The summed E-state index contributed by atoms with van der Waals surface area (Å²) in [4.78, 5) is 23.8. The van der Waals surface area contributed by atoms with Crippen molar-refractivity contribution in [1.82, 2.24) is 9.88 Å². The molecule has 1 amide bonds. The van der Waals surface area contributed by atoms with Crippen LogP contribution >= 0.6 is 11.6 Å². The lowest BCUT2D eigenvalue weighted by Crippen LogP contribution is -2.22. The van der Waals surface area contributed by atoms with Gasteiger partial charge in [0.2, 0.25) is 0 Å². The summed E-state index contributed by atoms with van der Waals surface area (Å²) in [5.74, 6) is -0.273. The van der Waals surface area contributed by atoms with Crippen LogP contribution in [0.15, 0.2) is 60.7 Å². The molecular weight excluding hydrogens is 488 g/mol. The van der Waals surface area contributed by atoms with Gasteiger partial charge in [0.1, 0.15) is 5.75 Å². The normalized spacial score (nSPS) is 11.2. The Balaban J connectivity index is 1.56. The molecule has 0 bridgehead atoms. The second kappa shape index (κ2) is 11.1. The van der Waals surface area contributed by atoms with Crippen LogP contribution in [0.4, 0.5) is 0 Å². The minimum absolute atomic E-state index is 0.118. The van der Waals surface area contributed by atoms with Gasteiger partial charge in [0, 0.05) is 40.3 Å². The molecule has 37 heavy (non-hydrogen) atoms. The monoisotopic (exact) mass is 518 g/mol. The van der Waals surface area contributed by atoms with E-state index < -0.39 is 12.6 Å². The van der Waals surface area contributed by atoms with Gasteiger partial charge in [-0.05, 0) is 78.4 Å². The first-order valence-corrected chi connectivity index (χ1v) is 12.6. The molecular formula is C30H31ClN2O4. The molecule has 0 unspecified atom stereocenters. The van der Waals surface area contributed by atoms with Crippen molar-refractivity contribution >= 4 is 34.4 Å². The van der Waals surface area contributed by atoms with Crippen molar-refractivity contribution < 1.29 is 19.4 Å². The number of aliphatic carboxylic acids is 1. The Hall–Kier alpha value is -3.77. The average Bonchev–Trinajstić information content (AvgIpc) is 3.12. The molecule has 0 aliphatic rings. The zero-order valence-corrected chi connectivity index (χ0v) is 22.2. The highest BCUT2D eigenvalue weighted by Gasteiger charge is 2.16. The van der Waals surface area contributed by atoms with E-state index in [9.17, 15) is 9.59 Å². The van der Waals surface area contributed by atoms with Gasteiger partial charge in [0.05, 0.1) is 0 Å². The van der Waals surface area contributed by atoms with Crippen LogP contribution in [0.3, 0.4) is 0 Å². The van der Waals surface area contributed by atoms with Gasteiger partial charge in [-0.3, -0.25) is 4.79 Å². The van der Waals surface area contributed by atoms with E-state index in [-0.39, 0.29) is 5.91 Å². The summed E-state index contributed by atoms with van der Waals surface area (Å²) in [7, 11) is 0. The second-order valence-electron chi connectivity index (χ2n) is 9.55. The van der Waals surface area contributed by atoms with E-state index in [1.807, 2.05) is 44.2 Å². The van der Waals surface area contributed by atoms with E-state index in [0.717, 1.165) is 33.3 Å². The molecule has 0 saturated carbocycles. The largest absolute Gasteiger partial charge is 0.482 e. The number of nitrogens with zero attached hydrogens (tertiary/aromatic N) is 1. The third-order valence-corrected chi connectivity index (χ3v) is 7.05. The van der Waals surface area contributed by atoms with Crippen LogP contribution in [0, 0.1) is 13.8 Å². The van der Waals surface area contributed by atoms with Gasteiger partial charge in [-0.2, -0.15) is 0 Å². The number of halogens is 1. The van der Waals surface area contributed by atoms with Crippen LogP contribution in [0.5, 0.6) is 5.75 Å². The standard InChI is InChI=1S/C30H31ClN2O4/c1-18(2)22-7-5-6-21(12-22)15-32-30(36)23-8-11-28-26(14-23)19(3)20(4)33(28)16-24-13-25(9-10-27(24)31)37-17-29(34)35/h5-14,18H,15-17H2,1-4H3,(H,32,36)(H,34,35). The van der Waals surface area contributed by atoms with Gasteiger partial charge in [-0.25, -0.2) is 4.79 Å². The number of carbonyl (C=O) groups is 2. The highest BCUT2D eigenvalue weighted by molar-refractivity contribution is 6.31. The Bertz CT molecular complexity index is 1470. The molecule has 4 rings (SSSR count). The number of ether oxygens (including phenoxy) is 1. The van der Waals surface area contributed by atoms with Gasteiger partial charge < -0.3 is 19.7 Å². The molecule has 192 valence electrons. The van der Waals surface area contributed by atoms with E-state index in [4.69, 9.17) is 21.4 Å². The first-order chi connectivity index (χ1) is 17.6. The van der Waals surface area contributed by atoms with E-state index in [2.05, 4.69) is 35.9 Å². The summed E-state index contributed by atoms with van der Waals surface area (Å²) in [6.45, 7) is 8.92. The van der Waals surface area contributed by atoms with E-state index in [1.165, 1.54) is 5.56 Å². The lowest BCUT2D eigenvalue weighted by Gasteiger charge is -2.13. The summed E-state index contributed by atoms with van der Waals surface area (Å²) in [6, 6.07) is 19.2. The highest BCUT2D eigenvalue weighted by atomic mass is 35.5. The molecule has 0 spiro atoms. The number of hydrogen-bond acceptors (Lipinski definition) is 3. The number of carboxylic acids is 1. The molecule has 6 nitrogen and oxygen atoms in total. The number of aromatic nitrogens is 1. The molecule has 7 heteroatoms. The fourth-order valence-corrected chi connectivity index (χ4v) is 4.60. The van der Waals surface area contributed by atoms with Crippen molar-refractivity contribution in [3.63, 3.8) is 0 Å². The van der Waals surface area contributed by atoms with Gasteiger partial charge in [-0.1, -0.05) is 49.7 Å². The smallest absolute Gasteiger partial charge is 0.341 e. The fourth-order valence-electron chi connectivity index (χ4n) is 4.42. The van der Waals surface area contributed by atoms with Crippen LogP contribution in [-0.2, 0) is 17.9 Å². The van der Waals surface area contributed by atoms with E-state index in [0.29, 0.717) is 35.3 Å². The maximum absolute atomic E-state index is 13.0. The lowest BCUT2D eigenvalue weighted by atomic mass is 10.0. The number of hydrogen-bond donors (Lipinski definition) is 2. The van der Waals surface area contributed by atoms with E-state index in [1.54, 1.807) is 18.2 Å². The van der Waals surface area contributed by atoms with Crippen molar-refractivity contribution in [2.24, 2.45) is 0 Å². The molecule has 0 atom stereocenters. The van der Waals surface area contributed by atoms with Crippen molar-refractivity contribution in [3.05, 3.63) is 99.2 Å². The Morgan fingerprint density at radius 3 is 2.57 bits per heavy atom. The molecule has 1 heterocycles. The Kier molecular flexibility index (Phi) is 7.89. The Morgan fingerprint density at radius 2 is 1.84 bits per heavy atom. The quantitative estimate of drug-likeness (QED) is 0.266. The van der Waals surface area contributed by atoms with Crippen molar-refractivity contribution in [1.29, 1.82) is 0 Å². The van der Waals surface area contributed by atoms with Crippen LogP contribution in [0.1, 0.15) is 58.1 Å². The SMILES string of the molecule is Cc1c(C)n(Cc2cc(OCC(=O)O)ccc2Cl)c2ccc(C(=O)NCc3cccc(C(C)C)c3)cc12. The van der Waals surface area contributed by atoms with Crippen molar-refractivity contribution in [2.75, 3.05) is 6.61 Å². The van der Waals surface area contributed by atoms with Crippen LogP contribution in [-0.4, -0.2) is 28.2 Å². The first-order valence-electron chi connectivity index (χ1n) is 12.2. The zero-order chi connectivity index (χ0) is 26.7. The molecule has 0 fully saturated rings. The summed E-state index contributed by atoms with van der Waals surface area (Å²) in [6.07, 6.45) is 0. The summed E-state index contributed by atoms with van der Waals surface area (Å²) < 4.78 is 7.47. The molecule has 4 aromatic rings. The van der Waals surface area contributed by atoms with Gasteiger partial charge >= 0.3 is 5.97 Å². The van der Waals surface area contributed by atoms with Crippen LogP contribution < -0.4 is 10.1 Å². The number of amides is 1. The number of fused-ring (bicyclic) bond motifs is 1. The third kappa shape index (κ3) is 5.97. The number of benzene rings is 3. The maximum atomic E-state index is 13.0. The number of carbonyl (C=O) groups excluding carboxylic acids is 1. The lowest BCUT2D eigenvalue weighted by molar-refractivity contribution is -0.139. The highest BCUT2D eigenvalue weighted by Crippen LogP contribution is 2.30. The summed E-state index contributed by atoms with van der Waals surface area (Å²) in [5, 5.41) is 13.5. The summed E-state index contributed by atoms with van der Waals surface area (Å²) in [5.41, 5.74) is 6.88. The Morgan fingerprint density at radius 1 is 1.05 bits per heavy atom. The molecule has 0 saturated heterocycles. The minimum atomic E-state index is -1.04. The average molecular weight is 519 g/mol. The van der Waals surface area contributed by atoms with Crippen LogP contribution in [0.2, 0.25) is 5.02 Å². The maximum Gasteiger partial charge on any atom is 0.341 e. The van der Waals surface area contributed by atoms with Gasteiger partial charge in [0.15, 0.2) is 6.61 Å².